The van der Waals surface area contributed by atoms with Gasteiger partial charge in [-0.2, -0.15) is 0 Å². The van der Waals surface area contributed by atoms with Crippen LogP contribution in [0.4, 0.5) is 0 Å². The van der Waals surface area contributed by atoms with Gasteiger partial charge in [0.1, 0.15) is 18.1 Å². The molecule has 21 heavy (non-hydrogen) atoms. The van der Waals surface area contributed by atoms with E-state index in [1.54, 1.807) is 4.68 Å². The molecule has 1 aromatic heterocycles. The van der Waals surface area contributed by atoms with E-state index in [1.807, 2.05) is 37.4 Å². The van der Waals surface area contributed by atoms with E-state index in [0.717, 1.165) is 30.3 Å². The second-order valence-electron chi connectivity index (χ2n) is 4.51. The zero-order valence-corrected chi connectivity index (χ0v) is 12.6. The van der Waals surface area contributed by atoms with Gasteiger partial charge in [-0.3, -0.25) is 0 Å². The van der Waals surface area contributed by atoms with Crippen LogP contribution in [0.2, 0.25) is 0 Å². The maximum absolute atomic E-state index is 5.67. The predicted molar refractivity (Wildman–Crippen MR) is 80.5 cm³/mol. The van der Waals surface area contributed by atoms with Crippen LogP contribution in [0.25, 0.3) is 0 Å². The first-order chi connectivity index (χ1) is 10.3. The molecule has 0 radical (unpaired) electrons. The SMILES string of the molecule is CCNCc1cn(CCOc2ccc(OCC)cc2)nn1. The van der Waals surface area contributed by atoms with Gasteiger partial charge in [0.15, 0.2) is 0 Å². The lowest BCUT2D eigenvalue weighted by Crippen LogP contribution is -2.12. The van der Waals surface area contributed by atoms with Gasteiger partial charge in [-0.15, -0.1) is 5.10 Å². The number of ether oxygens (including phenoxy) is 2. The molecule has 0 saturated carbocycles. The summed E-state index contributed by atoms with van der Waals surface area (Å²) >= 11 is 0. The van der Waals surface area contributed by atoms with Gasteiger partial charge in [-0.1, -0.05) is 12.1 Å². The van der Waals surface area contributed by atoms with Gasteiger partial charge in [-0.05, 0) is 37.7 Å². The highest BCUT2D eigenvalue weighted by Crippen LogP contribution is 2.17. The van der Waals surface area contributed by atoms with Crippen LogP contribution >= 0.6 is 0 Å². The maximum Gasteiger partial charge on any atom is 0.119 e. The minimum absolute atomic E-state index is 0.554. The van der Waals surface area contributed by atoms with E-state index in [1.165, 1.54) is 0 Å². The Morgan fingerprint density at radius 3 is 2.48 bits per heavy atom. The Labute approximate surface area is 125 Å². The number of aromatic nitrogens is 3. The fourth-order valence-corrected chi connectivity index (χ4v) is 1.84. The fraction of sp³-hybridized carbons (Fsp3) is 0.467. The van der Waals surface area contributed by atoms with E-state index in [9.17, 15) is 0 Å². The van der Waals surface area contributed by atoms with Crippen molar-refractivity contribution in [2.75, 3.05) is 19.8 Å². The van der Waals surface area contributed by atoms with Gasteiger partial charge in [0.25, 0.3) is 0 Å². The molecule has 2 aromatic rings. The van der Waals surface area contributed by atoms with Gasteiger partial charge in [0.05, 0.1) is 18.8 Å². The van der Waals surface area contributed by atoms with Crippen molar-refractivity contribution in [2.45, 2.75) is 26.9 Å². The summed E-state index contributed by atoms with van der Waals surface area (Å²) in [5, 5.41) is 11.4. The van der Waals surface area contributed by atoms with Crippen LogP contribution < -0.4 is 14.8 Å². The van der Waals surface area contributed by atoms with Gasteiger partial charge in [-0.25, -0.2) is 4.68 Å². The van der Waals surface area contributed by atoms with Crippen LogP contribution in [0, 0.1) is 0 Å². The first-order valence-electron chi connectivity index (χ1n) is 7.27. The van der Waals surface area contributed by atoms with Crippen LogP contribution in [0.5, 0.6) is 11.5 Å². The van der Waals surface area contributed by atoms with Crippen molar-refractivity contribution in [3.63, 3.8) is 0 Å². The molecule has 0 amide bonds. The normalized spacial score (nSPS) is 10.6. The van der Waals surface area contributed by atoms with Crippen LogP contribution in [-0.4, -0.2) is 34.8 Å². The summed E-state index contributed by atoms with van der Waals surface area (Å²) in [6, 6.07) is 7.62. The summed E-state index contributed by atoms with van der Waals surface area (Å²) < 4.78 is 12.9. The van der Waals surface area contributed by atoms with Crippen LogP contribution in [-0.2, 0) is 13.1 Å². The summed E-state index contributed by atoms with van der Waals surface area (Å²) in [5.74, 6) is 1.68. The van der Waals surface area contributed by atoms with E-state index >= 15 is 0 Å². The number of nitrogens with zero attached hydrogens (tertiary/aromatic N) is 3. The van der Waals surface area contributed by atoms with Gasteiger partial charge in [0, 0.05) is 12.7 Å². The third-order valence-electron chi connectivity index (χ3n) is 2.87. The highest BCUT2D eigenvalue weighted by Gasteiger charge is 2.01. The summed E-state index contributed by atoms with van der Waals surface area (Å²) in [4.78, 5) is 0. The standard InChI is InChI=1S/C15H22N4O2/c1-3-16-11-13-12-19(18-17-13)9-10-21-15-7-5-14(6-8-15)20-4-2/h5-8,12,16H,3-4,9-11H2,1-2H3. The molecule has 114 valence electrons. The number of hydrogen-bond acceptors (Lipinski definition) is 5. The van der Waals surface area contributed by atoms with Gasteiger partial charge < -0.3 is 14.8 Å². The van der Waals surface area contributed by atoms with Gasteiger partial charge >= 0.3 is 0 Å². The summed E-state index contributed by atoms with van der Waals surface area (Å²) in [7, 11) is 0. The first-order valence-corrected chi connectivity index (χ1v) is 7.27. The molecular weight excluding hydrogens is 268 g/mol. The summed E-state index contributed by atoms with van der Waals surface area (Å²) in [6.45, 7) is 7.60. The zero-order valence-electron chi connectivity index (χ0n) is 12.6. The lowest BCUT2D eigenvalue weighted by atomic mass is 10.3. The van der Waals surface area contributed by atoms with E-state index in [0.29, 0.717) is 19.8 Å². The molecule has 2 rings (SSSR count). The molecule has 1 N–H and O–H groups in total. The molecule has 0 bridgehead atoms. The van der Waals surface area contributed by atoms with Crippen molar-refractivity contribution in [1.29, 1.82) is 0 Å². The van der Waals surface area contributed by atoms with Crippen molar-refractivity contribution in [1.82, 2.24) is 20.3 Å². The number of hydrogen-bond donors (Lipinski definition) is 1. The topological polar surface area (TPSA) is 61.2 Å². The van der Waals surface area contributed by atoms with E-state index < -0.39 is 0 Å². The van der Waals surface area contributed by atoms with E-state index in [4.69, 9.17) is 9.47 Å². The number of benzene rings is 1. The molecular formula is C15H22N4O2. The summed E-state index contributed by atoms with van der Waals surface area (Å²) in [6.07, 6.45) is 1.93. The molecule has 0 spiro atoms. The molecule has 0 aliphatic heterocycles. The number of rotatable bonds is 9. The lowest BCUT2D eigenvalue weighted by Gasteiger charge is -2.07. The molecule has 1 heterocycles. The average Bonchev–Trinajstić information content (AvgIpc) is 2.95. The molecule has 0 unspecified atom stereocenters. The Kier molecular flexibility index (Phi) is 6.02. The van der Waals surface area contributed by atoms with Crippen molar-refractivity contribution >= 4 is 0 Å². The largest absolute Gasteiger partial charge is 0.494 e. The minimum atomic E-state index is 0.554. The Balaban J connectivity index is 1.74. The second kappa shape index (κ2) is 8.26. The third kappa shape index (κ3) is 5.07. The minimum Gasteiger partial charge on any atom is -0.494 e. The summed E-state index contributed by atoms with van der Waals surface area (Å²) in [5.41, 5.74) is 0.943. The Morgan fingerprint density at radius 2 is 1.81 bits per heavy atom. The lowest BCUT2D eigenvalue weighted by molar-refractivity contribution is 0.288. The molecule has 0 fully saturated rings. The van der Waals surface area contributed by atoms with Gasteiger partial charge in [0.2, 0.25) is 0 Å². The van der Waals surface area contributed by atoms with Crippen LogP contribution in [0.1, 0.15) is 19.5 Å². The first kappa shape index (κ1) is 15.3. The van der Waals surface area contributed by atoms with Crippen LogP contribution in [0.15, 0.2) is 30.5 Å². The molecule has 1 aromatic carbocycles. The average molecular weight is 290 g/mol. The predicted octanol–water partition coefficient (Wildman–Crippen LogP) is 1.87. The second-order valence-corrected chi connectivity index (χ2v) is 4.51. The van der Waals surface area contributed by atoms with E-state index in [2.05, 4.69) is 22.6 Å². The van der Waals surface area contributed by atoms with Crippen molar-refractivity contribution in [2.24, 2.45) is 0 Å². The molecule has 6 nitrogen and oxygen atoms in total. The Morgan fingerprint density at radius 1 is 1.10 bits per heavy atom. The van der Waals surface area contributed by atoms with Crippen molar-refractivity contribution in [3.8, 4) is 11.5 Å². The molecule has 0 atom stereocenters. The smallest absolute Gasteiger partial charge is 0.119 e. The van der Waals surface area contributed by atoms with Crippen molar-refractivity contribution < 1.29 is 9.47 Å². The maximum atomic E-state index is 5.67. The Hall–Kier alpha value is -2.08. The third-order valence-corrected chi connectivity index (χ3v) is 2.87. The molecule has 0 aliphatic carbocycles. The molecule has 0 saturated heterocycles. The quantitative estimate of drug-likeness (QED) is 0.764. The monoisotopic (exact) mass is 290 g/mol. The zero-order chi connectivity index (χ0) is 14.9. The number of nitrogens with one attached hydrogen (secondary N) is 1. The van der Waals surface area contributed by atoms with Crippen molar-refractivity contribution in [3.05, 3.63) is 36.2 Å². The fourth-order valence-electron chi connectivity index (χ4n) is 1.84. The van der Waals surface area contributed by atoms with E-state index in [-0.39, 0.29) is 0 Å². The molecule has 6 heteroatoms. The Bertz CT molecular complexity index is 525. The van der Waals surface area contributed by atoms with Crippen LogP contribution in [0.3, 0.4) is 0 Å². The highest BCUT2D eigenvalue weighted by molar-refractivity contribution is 5.31. The highest BCUT2D eigenvalue weighted by atomic mass is 16.5. The molecule has 0 aliphatic rings.